The molecule has 0 aliphatic heterocycles. The lowest BCUT2D eigenvalue weighted by Crippen LogP contribution is -2.29. The highest BCUT2D eigenvalue weighted by atomic mass is 14.4. The topological polar surface area (TPSA) is 0 Å². The molecule has 0 aromatic carbocycles. The van der Waals surface area contributed by atoms with E-state index in [1.807, 2.05) is 0 Å². The predicted molar refractivity (Wildman–Crippen MR) is 53.0 cm³/mol. The molecule has 1 saturated carbocycles. The van der Waals surface area contributed by atoms with Gasteiger partial charge in [0.25, 0.3) is 0 Å². The van der Waals surface area contributed by atoms with Gasteiger partial charge in [0.15, 0.2) is 0 Å². The first-order valence-electron chi connectivity index (χ1n) is 5.41. The Labute approximate surface area is 76.1 Å². The first kappa shape index (κ1) is 8.34. The summed E-state index contributed by atoms with van der Waals surface area (Å²) >= 11 is 0. The lowest BCUT2D eigenvalue weighted by molar-refractivity contribution is 0.128. The fourth-order valence-electron chi connectivity index (χ4n) is 2.76. The molecule has 0 nitrogen and oxygen atoms in total. The van der Waals surface area contributed by atoms with Crippen molar-refractivity contribution in [3.63, 3.8) is 0 Å². The minimum atomic E-state index is 1.03. The van der Waals surface area contributed by atoms with Gasteiger partial charge in [0.05, 0.1) is 0 Å². The van der Waals surface area contributed by atoms with E-state index in [4.69, 9.17) is 0 Å². The van der Waals surface area contributed by atoms with Crippen molar-refractivity contribution in [2.45, 2.75) is 46.0 Å². The van der Waals surface area contributed by atoms with Crippen molar-refractivity contribution in [3.8, 4) is 0 Å². The number of hydrogen-bond acceptors (Lipinski definition) is 0. The molecule has 1 fully saturated rings. The quantitative estimate of drug-likeness (QED) is 0.517. The van der Waals surface area contributed by atoms with Gasteiger partial charge >= 0.3 is 0 Å². The van der Waals surface area contributed by atoms with Crippen LogP contribution in [0.3, 0.4) is 0 Å². The third-order valence-corrected chi connectivity index (χ3v) is 3.76. The summed E-state index contributed by atoms with van der Waals surface area (Å²) in [6.07, 6.45) is 9.71. The Kier molecular flexibility index (Phi) is 2.25. The predicted octanol–water partition coefficient (Wildman–Crippen LogP) is 3.78. The van der Waals surface area contributed by atoms with E-state index in [1.165, 1.54) is 32.1 Å². The zero-order valence-corrected chi connectivity index (χ0v) is 8.34. The lowest BCUT2D eigenvalue weighted by atomic mass is 9.66. The second-order valence-corrected chi connectivity index (χ2v) is 4.92. The van der Waals surface area contributed by atoms with E-state index in [0.29, 0.717) is 0 Å². The van der Waals surface area contributed by atoms with Crippen LogP contribution in [0.4, 0.5) is 0 Å². The number of allylic oxidation sites excluding steroid dienone is 2. The summed E-state index contributed by atoms with van der Waals surface area (Å²) in [5.41, 5.74) is 1.62. The molecule has 0 amide bonds. The Balaban J connectivity index is 1.83. The summed E-state index contributed by atoms with van der Waals surface area (Å²) < 4.78 is 0. The van der Waals surface area contributed by atoms with Crippen molar-refractivity contribution in [1.29, 1.82) is 0 Å². The van der Waals surface area contributed by atoms with E-state index in [9.17, 15) is 0 Å². The molecule has 0 saturated heterocycles. The van der Waals surface area contributed by atoms with Crippen molar-refractivity contribution in [2.24, 2.45) is 17.8 Å². The van der Waals surface area contributed by atoms with E-state index in [-0.39, 0.29) is 0 Å². The zero-order valence-electron chi connectivity index (χ0n) is 8.34. The van der Waals surface area contributed by atoms with E-state index in [2.05, 4.69) is 19.9 Å². The largest absolute Gasteiger partial charge is 0.0853 e. The smallest absolute Gasteiger partial charge is 0.0317 e. The molecule has 0 N–H and O–H groups in total. The van der Waals surface area contributed by atoms with Crippen molar-refractivity contribution in [1.82, 2.24) is 0 Å². The van der Waals surface area contributed by atoms with Crippen LogP contribution in [0.15, 0.2) is 11.6 Å². The van der Waals surface area contributed by atoms with Gasteiger partial charge in [0.2, 0.25) is 0 Å². The molecule has 12 heavy (non-hydrogen) atoms. The Morgan fingerprint density at radius 3 is 2.50 bits per heavy atom. The molecule has 0 heterocycles. The van der Waals surface area contributed by atoms with E-state index in [0.717, 1.165) is 17.8 Å². The number of rotatable bonds is 1. The van der Waals surface area contributed by atoms with Crippen LogP contribution in [0.5, 0.6) is 0 Å². The first-order chi connectivity index (χ1) is 5.75. The molecule has 2 aliphatic rings. The van der Waals surface area contributed by atoms with Crippen LogP contribution in [0.2, 0.25) is 0 Å². The highest BCUT2D eigenvalue weighted by Gasteiger charge is 2.32. The molecule has 2 rings (SSSR count). The van der Waals surface area contributed by atoms with Gasteiger partial charge in [-0.15, -0.1) is 0 Å². The summed E-state index contributed by atoms with van der Waals surface area (Å²) in [7, 11) is 0. The first-order valence-corrected chi connectivity index (χ1v) is 5.41. The molecule has 0 bridgehead atoms. The van der Waals surface area contributed by atoms with E-state index >= 15 is 0 Å². The van der Waals surface area contributed by atoms with Gasteiger partial charge in [-0.05, 0) is 56.8 Å². The molecule has 0 heteroatoms. The van der Waals surface area contributed by atoms with Crippen molar-refractivity contribution in [2.75, 3.05) is 0 Å². The van der Waals surface area contributed by atoms with Crippen LogP contribution < -0.4 is 0 Å². The molecule has 1 atom stereocenters. The standard InChI is InChI=1S/C12H20/c1-9-3-5-11(6-4-9)12-7-10(2)8-12/h3,10-12H,4-8H2,1-2H3. The van der Waals surface area contributed by atoms with Gasteiger partial charge in [0, 0.05) is 0 Å². The monoisotopic (exact) mass is 164 g/mol. The summed E-state index contributed by atoms with van der Waals surface area (Å²) in [5, 5.41) is 0. The van der Waals surface area contributed by atoms with Gasteiger partial charge in [-0.2, -0.15) is 0 Å². The summed E-state index contributed by atoms with van der Waals surface area (Å²) in [5.74, 6) is 3.16. The molecule has 2 aliphatic carbocycles. The van der Waals surface area contributed by atoms with Crippen LogP contribution in [-0.4, -0.2) is 0 Å². The molecular formula is C12H20. The molecular weight excluding hydrogens is 144 g/mol. The fraction of sp³-hybridized carbons (Fsp3) is 0.833. The molecule has 1 unspecified atom stereocenters. The molecule has 0 aromatic rings. The Hall–Kier alpha value is -0.260. The third-order valence-electron chi connectivity index (χ3n) is 3.76. The Morgan fingerprint density at radius 2 is 2.00 bits per heavy atom. The van der Waals surface area contributed by atoms with Crippen LogP contribution in [0, 0.1) is 17.8 Å². The van der Waals surface area contributed by atoms with Gasteiger partial charge < -0.3 is 0 Å². The SMILES string of the molecule is CC1=CCC(C2CC(C)C2)CC1. The lowest BCUT2D eigenvalue weighted by Gasteiger charge is -2.40. The van der Waals surface area contributed by atoms with Crippen LogP contribution >= 0.6 is 0 Å². The highest BCUT2D eigenvalue weighted by Crippen LogP contribution is 2.43. The summed E-state index contributed by atoms with van der Waals surface area (Å²) in [6, 6.07) is 0. The second kappa shape index (κ2) is 3.24. The van der Waals surface area contributed by atoms with Gasteiger partial charge in [-0.3, -0.25) is 0 Å². The summed E-state index contributed by atoms with van der Waals surface area (Å²) in [6.45, 7) is 4.67. The minimum absolute atomic E-state index is 1.03. The van der Waals surface area contributed by atoms with Crippen LogP contribution in [0.1, 0.15) is 46.0 Å². The maximum absolute atomic E-state index is 2.47. The maximum Gasteiger partial charge on any atom is -0.0317 e. The fourth-order valence-corrected chi connectivity index (χ4v) is 2.76. The van der Waals surface area contributed by atoms with Crippen molar-refractivity contribution >= 4 is 0 Å². The Morgan fingerprint density at radius 1 is 1.25 bits per heavy atom. The van der Waals surface area contributed by atoms with Crippen LogP contribution in [0.25, 0.3) is 0 Å². The van der Waals surface area contributed by atoms with E-state index < -0.39 is 0 Å². The second-order valence-electron chi connectivity index (χ2n) is 4.92. The molecule has 0 aromatic heterocycles. The average molecular weight is 164 g/mol. The third kappa shape index (κ3) is 1.57. The van der Waals surface area contributed by atoms with E-state index in [1.54, 1.807) is 5.57 Å². The van der Waals surface area contributed by atoms with Crippen molar-refractivity contribution in [3.05, 3.63) is 11.6 Å². The normalized spacial score (nSPS) is 41.8. The summed E-state index contributed by atoms with van der Waals surface area (Å²) in [4.78, 5) is 0. The maximum atomic E-state index is 2.47. The van der Waals surface area contributed by atoms with Crippen LogP contribution in [-0.2, 0) is 0 Å². The van der Waals surface area contributed by atoms with Crippen molar-refractivity contribution < 1.29 is 0 Å². The number of hydrogen-bond donors (Lipinski definition) is 0. The van der Waals surface area contributed by atoms with Gasteiger partial charge in [-0.25, -0.2) is 0 Å². The molecule has 68 valence electrons. The van der Waals surface area contributed by atoms with Gasteiger partial charge in [0.1, 0.15) is 0 Å². The average Bonchev–Trinajstić information content (AvgIpc) is 2.01. The molecule has 0 spiro atoms. The molecule has 0 radical (unpaired) electrons. The van der Waals surface area contributed by atoms with Gasteiger partial charge in [-0.1, -0.05) is 18.6 Å². The Bertz CT molecular complexity index is 184. The highest BCUT2D eigenvalue weighted by molar-refractivity contribution is 5.04. The minimum Gasteiger partial charge on any atom is -0.0853 e. The zero-order chi connectivity index (χ0) is 8.55.